The van der Waals surface area contributed by atoms with Crippen molar-refractivity contribution in [2.45, 2.75) is 31.6 Å². The number of aryl methyl sites for hydroxylation is 1. The van der Waals surface area contributed by atoms with Crippen LogP contribution in [0, 0.1) is 19.8 Å². The highest BCUT2D eigenvalue weighted by Gasteiger charge is 2.32. The first-order valence-corrected chi connectivity index (χ1v) is 10.8. The second kappa shape index (κ2) is 8.32. The zero-order valence-corrected chi connectivity index (χ0v) is 17.3. The molecular formula is C21H26N2O4S. The third-order valence-electron chi connectivity index (χ3n) is 5.38. The van der Waals surface area contributed by atoms with E-state index in [-0.39, 0.29) is 16.7 Å². The number of methoxy groups -OCH3 is 1. The molecule has 1 heterocycles. The number of hydrogen-bond donors (Lipinski definition) is 1. The Morgan fingerprint density at radius 3 is 2.32 bits per heavy atom. The Morgan fingerprint density at radius 2 is 1.71 bits per heavy atom. The van der Waals surface area contributed by atoms with E-state index < -0.39 is 10.0 Å². The van der Waals surface area contributed by atoms with Gasteiger partial charge in [0.05, 0.1) is 12.0 Å². The van der Waals surface area contributed by atoms with E-state index in [9.17, 15) is 13.2 Å². The molecule has 3 rings (SSSR count). The lowest BCUT2D eigenvalue weighted by Crippen LogP contribution is -2.41. The molecule has 7 heteroatoms. The van der Waals surface area contributed by atoms with Crippen LogP contribution in [0.25, 0.3) is 0 Å². The van der Waals surface area contributed by atoms with Gasteiger partial charge in [0.1, 0.15) is 5.75 Å². The molecule has 0 spiro atoms. The summed E-state index contributed by atoms with van der Waals surface area (Å²) in [7, 11) is -2.02. The molecule has 1 saturated heterocycles. The van der Waals surface area contributed by atoms with E-state index in [1.165, 1.54) is 11.4 Å². The number of benzene rings is 2. The number of piperidine rings is 1. The lowest BCUT2D eigenvalue weighted by molar-refractivity contribution is -0.120. The molecular weight excluding hydrogens is 376 g/mol. The Kier molecular flexibility index (Phi) is 6.05. The van der Waals surface area contributed by atoms with E-state index in [2.05, 4.69) is 5.32 Å². The van der Waals surface area contributed by atoms with Crippen molar-refractivity contribution in [3.8, 4) is 5.75 Å². The van der Waals surface area contributed by atoms with Gasteiger partial charge in [0.15, 0.2) is 0 Å². The molecule has 1 aliphatic rings. The van der Waals surface area contributed by atoms with Crippen LogP contribution in [0.1, 0.15) is 24.0 Å². The fourth-order valence-electron chi connectivity index (χ4n) is 3.38. The van der Waals surface area contributed by atoms with Crippen molar-refractivity contribution in [1.82, 2.24) is 4.31 Å². The van der Waals surface area contributed by atoms with Crippen molar-refractivity contribution in [2.75, 3.05) is 25.5 Å². The first kappa shape index (κ1) is 20.4. The Labute approximate surface area is 166 Å². The minimum atomic E-state index is -3.56. The van der Waals surface area contributed by atoms with Gasteiger partial charge in [-0.25, -0.2) is 8.42 Å². The number of carbonyl (C=O) groups is 1. The predicted molar refractivity (Wildman–Crippen MR) is 109 cm³/mol. The summed E-state index contributed by atoms with van der Waals surface area (Å²) < 4.78 is 32.2. The number of anilines is 1. The van der Waals surface area contributed by atoms with E-state index in [0.717, 1.165) is 16.8 Å². The fraction of sp³-hybridized carbons (Fsp3) is 0.381. The molecule has 1 amide bonds. The predicted octanol–water partition coefficient (Wildman–Crippen LogP) is 3.35. The van der Waals surface area contributed by atoms with Gasteiger partial charge in [-0.2, -0.15) is 4.31 Å². The van der Waals surface area contributed by atoms with Crippen LogP contribution in [0.5, 0.6) is 5.75 Å². The molecule has 0 unspecified atom stereocenters. The summed E-state index contributed by atoms with van der Waals surface area (Å²) in [6, 6.07) is 12.2. The zero-order chi connectivity index (χ0) is 20.3. The van der Waals surface area contributed by atoms with Crippen molar-refractivity contribution >= 4 is 21.6 Å². The molecule has 2 aromatic rings. The topological polar surface area (TPSA) is 75.7 Å². The monoisotopic (exact) mass is 402 g/mol. The quantitative estimate of drug-likeness (QED) is 0.832. The molecule has 0 bridgehead atoms. The van der Waals surface area contributed by atoms with E-state index in [4.69, 9.17) is 4.74 Å². The number of sulfonamides is 1. The second-order valence-electron chi connectivity index (χ2n) is 7.09. The summed E-state index contributed by atoms with van der Waals surface area (Å²) >= 11 is 0. The lowest BCUT2D eigenvalue weighted by Gasteiger charge is -2.30. The number of hydrogen-bond acceptors (Lipinski definition) is 4. The van der Waals surface area contributed by atoms with Crippen LogP contribution in [-0.4, -0.2) is 38.8 Å². The molecule has 0 radical (unpaired) electrons. The number of rotatable bonds is 5. The summed E-state index contributed by atoms with van der Waals surface area (Å²) in [6.45, 7) is 4.65. The molecule has 1 N–H and O–H groups in total. The maximum atomic E-state index is 12.8. The number of nitrogens with zero attached hydrogens (tertiary/aromatic N) is 1. The third kappa shape index (κ3) is 4.20. The number of carbonyl (C=O) groups excluding carboxylic acids is 1. The molecule has 28 heavy (non-hydrogen) atoms. The van der Waals surface area contributed by atoms with Crippen molar-refractivity contribution in [1.29, 1.82) is 0 Å². The van der Waals surface area contributed by atoms with E-state index in [1.807, 2.05) is 32.0 Å². The summed E-state index contributed by atoms with van der Waals surface area (Å²) in [6.07, 6.45) is 1.01. The first-order valence-electron chi connectivity index (χ1n) is 9.34. The maximum absolute atomic E-state index is 12.8. The van der Waals surface area contributed by atoms with Crippen LogP contribution in [0.3, 0.4) is 0 Å². The van der Waals surface area contributed by atoms with Crippen molar-refractivity contribution < 1.29 is 17.9 Å². The second-order valence-corrected chi connectivity index (χ2v) is 9.03. The van der Waals surface area contributed by atoms with Gasteiger partial charge in [-0.05, 0) is 68.1 Å². The molecule has 150 valence electrons. The third-order valence-corrected chi connectivity index (χ3v) is 7.30. The SMILES string of the molecule is COc1ccc(S(=O)(=O)N2CCC(C(=O)Nc3cccc(C)c3C)CC2)cc1. The van der Waals surface area contributed by atoms with Crippen LogP contribution in [0.2, 0.25) is 0 Å². The van der Waals surface area contributed by atoms with E-state index >= 15 is 0 Å². The van der Waals surface area contributed by atoms with Crippen molar-refractivity contribution in [3.63, 3.8) is 0 Å². The largest absolute Gasteiger partial charge is 0.497 e. The molecule has 0 aromatic heterocycles. The first-order chi connectivity index (χ1) is 13.3. The summed E-state index contributed by atoms with van der Waals surface area (Å²) in [5.74, 6) is 0.373. The molecule has 1 fully saturated rings. The summed E-state index contributed by atoms with van der Waals surface area (Å²) in [5, 5.41) is 3.00. The van der Waals surface area contributed by atoms with Gasteiger partial charge in [0.25, 0.3) is 0 Å². The summed E-state index contributed by atoms with van der Waals surface area (Å²) in [5.41, 5.74) is 2.99. The van der Waals surface area contributed by atoms with Gasteiger partial charge < -0.3 is 10.1 Å². The van der Waals surface area contributed by atoms with E-state index in [1.54, 1.807) is 24.3 Å². The Bertz CT molecular complexity index is 947. The molecule has 0 saturated carbocycles. The average Bonchev–Trinajstić information content (AvgIpc) is 2.71. The lowest BCUT2D eigenvalue weighted by atomic mass is 9.97. The highest BCUT2D eigenvalue weighted by molar-refractivity contribution is 7.89. The Morgan fingerprint density at radius 1 is 1.07 bits per heavy atom. The molecule has 2 aromatic carbocycles. The normalized spacial score (nSPS) is 16.0. The van der Waals surface area contributed by atoms with Crippen LogP contribution < -0.4 is 10.1 Å². The standard InChI is InChI=1S/C21H26N2O4S/c1-15-5-4-6-20(16(15)2)22-21(24)17-11-13-23(14-12-17)28(25,26)19-9-7-18(27-3)8-10-19/h4-10,17H,11-14H2,1-3H3,(H,22,24). The highest BCUT2D eigenvalue weighted by atomic mass is 32.2. The van der Waals surface area contributed by atoms with Crippen LogP contribution in [0.4, 0.5) is 5.69 Å². The van der Waals surface area contributed by atoms with Crippen LogP contribution in [0.15, 0.2) is 47.4 Å². The van der Waals surface area contributed by atoms with Gasteiger partial charge in [-0.1, -0.05) is 12.1 Å². The maximum Gasteiger partial charge on any atom is 0.243 e. The van der Waals surface area contributed by atoms with E-state index in [0.29, 0.717) is 31.7 Å². The smallest absolute Gasteiger partial charge is 0.243 e. The Hall–Kier alpha value is -2.38. The van der Waals surface area contributed by atoms with Crippen LogP contribution in [-0.2, 0) is 14.8 Å². The number of ether oxygens (including phenoxy) is 1. The Balaban J connectivity index is 1.63. The number of amides is 1. The number of nitrogens with one attached hydrogen (secondary N) is 1. The van der Waals surface area contributed by atoms with Gasteiger partial charge in [-0.3, -0.25) is 4.79 Å². The highest BCUT2D eigenvalue weighted by Crippen LogP contribution is 2.26. The van der Waals surface area contributed by atoms with Gasteiger partial charge in [0.2, 0.25) is 15.9 Å². The van der Waals surface area contributed by atoms with Gasteiger partial charge >= 0.3 is 0 Å². The molecule has 0 atom stereocenters. The minimum Gasteiger partial charge on any atom is -0.497 e. The molecule has 6 nitrogen and oxygen atoms in total. The van der Waals surface area contributed by atoms with Gasteiger partial charge in [0, 0.05) is 24.7 Å². The molecule has 0 aliphatic carbocycles. The fourth-order valence-corrected chi connectivity index (χ4v) is 4.85. The van der Waals surface area contributed by atoms with Crippen molar-refractivity contribution in [2.24, 2.45) is 5.92 Å². The summed E-state index contributed by atoms with van der Waals surface area (Å²) in [4.78, 5) is 12.9. The van der Waals surface area contributed by atoms with Crippen molar-refractivity contribution in [3.05, 3.63) is 53.6 Å². The zero-order valence-electron chi connectivity index (χ0n) is 16.4. The minimum absolute atomic E-state index is 0.0461. The van der Waals surface area contributed by atoms with Gasteiger partial charge in [-0.15, -0.1) is 0 Å². The van der Waals surface area contributed by atoms with Crippen LogP contribution >= 0.6 is 0 Å². The molecule has 1 aliphatic heterocycles. The average molecular weight is 403 g/mol.